The number of ether oxygens (including phenoxy) is 1. The van der Waals surface area contributed by atoms with Crippen LogP contribution in [-0.4, -0.2) is 44.2 Å². The second-order valence-electron chi connectivity index (χ2n) is 8.76. The van der Waals surface area contributed by atoms with Gasteiger partial charge in [-0.3, -0.25) is 4.79 Å². The minimum absolute atomic E-state index is 0.130. The van der Waals surface area contributed by atoms with Gasteiger partial charge in [0.15, 0.2) is 0 Å². The van der Waals surface area contributed by atoms with E-state index in [1.165, 1.54) is 6.20 Å². The molecule has 1 aromatic heterocycles. The second kappa shape index (κ2) is 10.5. The van der Waals surface area contributed by atoms with Gasteiger partial charge in [-0.15, -0.1) is 0 Å². The molecule has 33 heavy (non-hydrogen) atoms. The number of rotatable bonds is 8. The van der Waals surface area contributed by atoms with E-state index >= 15 is 0 Å². The number of carbonyl (C=O) groups is 2. The van der Waals surface area contributed by atoms with Crippen LogP contribution in [0.2, 0.25) is 5.02 Å². The Morgan fingerprint density at radius 1 is 1.15 bits per heavy atom. The number of nitrogens with zero attached hydrogens (tertiary/aromatic N) is 2. The van der Waals surface area contributed by atoms with E-state index in [4.69, 9.17) is 21.4 Å². The molecule has 174 valence electrons. The number of H-pyrrole nitrogens is 1. The molecule has 0 aliphatic rings. The lowest BCUT2D eigenvalue weighted by Gasteiger charge is -2.27. The molecule has 0 aliphatic carbocycles. The number of carboxylic acid groups (broad SMARTS) is 1. The number of hydrogen-bond acceptors (Lipinski definition) is 4. The Morgan fingerprint density at radius 3 is 2.52 bits per heavy atom. The predicted molar refractivity (Wildman–Crippen MR) is 127 cm³/mol. The number of aromatic nitrogens is 2. The largest absolute Gasteiger partial charge is 0.481 e. The summed E-state index contributed by atoms with van der Waals surface area (Å²) in [7, 11) is 0. The van der Waals surface area contributed by atoms with Gasteiger partial charge < -0.3 is 19.7 Å². The van der Waals surface area contributed by atoms with Crippen molar-refractivity contribution in [1.82, 2.24) is 14.9 Å². The molecule has 1 heterocycles. The molecule has 8 heteroatoms. The highest BCUT2D eigenvalue weighted by Gasteiger charge is 2.23. The Labute approximate surface area is 198 Å². The third-order valence-electron chi connectivity index (χ3n) is 4.78. The fourth-order valence-electron chi connectivity index (χ4n) is 3.32. The van der Waals surface area contributed by atoms with E-state index < -0.39 is 17.7 Å². The van der Waals surface area contributed by atoms with Crippen LogP contribution in [0.25, 0.3) is 11.1 Å². The van der Waals surface area contributed by atoms with Crippen molar-refractivity contribution in [2.24, 2.45) is 0 Å². The Balaban J connectivity index is 1.75. The molecule has 0 spiro atoms. The zero-order chi connectivity index (χ0) is 24.0. The van der Waals surface area contributed by atoms with E-state index in [2.05, 4.69) is 9.97 Å². The van der Waals surface area contributed by atoms with Gasteiger partial charge in [-0.25, -0.2) is 9.78 Å². The van der Waals surface area contributed by atoms with Crippen LogP contribution < -0.4 is 0 Å². The number of carboxylic acids is 1. The number of hydrogen-bond donors (Lipinski definition) is 2. The van der Waals surface area contributed by atoms with E-state index in [0.29, 0.717) is 36.1 Å². The second-order valence-corrected chi connectivity index (χ2v) is 9.16. The summed E-state index contributed by atoms with van der Waals surface area (Å²) >= 11 is 6.55. The number of imidazole rings is 1. The molecular formula is C25H28ClN3O4. The van der Waals surface area contributed by atoms with E-state index in [-0.39, 0.29) is 6.42 Å². The number of amides is 1. The standard InChI is InChI=1S/C25H28ClN3O4/c1-25(2,3)33-24(32)29(12-11-22-27-15-19(28-22)14-23(30)31)16-17-9-10-20(21(26)13-17)18-7-5-4-6-8-18/h4-10,13,15H,11-12,14,16H2,1-3H3,(H,27,28)(H,30,31). The van der Waals surface area contributed by atoms with Crippen LogP contribution in [0.5, 0.6) is 0 Å². The molecular weight excluding hydrogens is 442 g/mol. The van der Waals surface area contributed by atoms with Crippen LogP contribution in [0.4, 0.5) is 4.79 Å². The molecule has 3 rings (SSSR count). The summed E-state index contributed by atoms with van der Waals surface area (Å²) in [5, 5.41) is 9.53. The van der Waals surface area contributed by atoms with Crippen LogP contribution in [-0.2, 0) is 28.9 Å². The quantitative estimate of drug-likeness (QED) is 0.464. The molecule has 0 saturated heterocycles. The van der Waals surface area contributed by atoms with Gasteiger partial charge in [-0.05, 0) is 38.0 Å². The van der Waals surface area contributed by atoms with Crippen molar-refractivity contribution in [3.63, 3.8) is 0 Å². The van der Waals surface area contributed by atoms with Crippen molar-refractivity contribution in [3.05, 3.63) is 76.8 Å². The maximum atomic E-state index is 12.9. The molecule has 0 bridgehead atoms. The first kappa shape index (κ1) is 24.3. The minimum atomic E-state index is -0.934. The zero-order valence-electron chi connectivity index (χ0n) is 19.0. The highest BCUT2D eigenvalue weighted by atomic mass is 35.5. The van der Waals surface area contributed by atoms with Crippen molar-refractivity contribution < 1.29 is 19.4 Å². The van der Waals surface area contributed by atoms with Gasteiger partial charge in [0.25, 0.3) is 0 Å². The van der Waals surface area contributed by atoms with Gasteiger partial charge in [0.2, 0.25) is 0 Å². The van der Waals surface area contributed by atoms with E-state index in [1.807, 2.05) is 69.3 Å². The van der Waals surface area contributed by atoms with E-state index in [9.17, 15) is 9.59 Å². The molecule has 0 atom stereocenters. The summed E-state index contributed by atoms with van der Waals surface area (Å²) in [6, 6.07) is 15.6. The molecule has 0 aliphatic heterocycles. The average molecular weight is 470 g/mol. The summed E-state index contributed by atoms with van der Waals surface area (Å²) in [5.74, 6) is -0.325. The number of aromatic amines is 1. The highest BCUT2D eigenvalue weighted by Crippen LogP contribution is 2.29. The first-order valence-electron chi connectivity index (χ1n) is 10.7. The Bertz CT molecular complexity index is 1110. The lowest BCUT2D eigenvalue weighted by Crippen LogP contribution is -2.37. The molecule has 2 N–H and O–H groups in total. The number of halogens is 1. The topological polar surface area (TPSA) is 95.5 Å². The maximum absolute atomic E-state index is 12.9. The van der Waals surface area contributed by atoms with Crippen LogP contribution in [0.1, 0.15) is 37.9 Å². The normalized spacial score (nSPS) is 11.3. The molecule has 1 amide bonds. The smallest absolute Gasteiger partial charge is 0.410 e. The molecule has 0 fully saturated rings. The lowest BCUT2D eigenvalue weighted by molar-refractivity contribution is -0.136. The monoisotopic (exact) mass is 469 g/mol. The van der Waals surface area contributed by atoms with Crippen LogP contribution in [0.3, 0.4) is 0 Å². The van der Waals surface area contributed by atoms with Crippen molar-refractivity contribution in [2.45, 2.75) is 45.8 Å². The Morgan fingerprint density at radius 2 is 1.88 bits per heavy atom. The van der Waals surface area contributed by atoms with Crippen LogP contribution >= 0.6 is 11.6 Å². The van der Waals surface area contributed by atoms with Gasteiger partial charge >= 0.3 is 12.1 Å². The Hall–Kier alpha value is -3.32. The Kier molecular flexibility index (Phi) is 7.76. The SMILES string of the molecule is CC(C)(C)OC(=O)N(CCc1ncc(CC(=O)O)[nH]1)Cc1ccc(-c2ccccc2)c(Cl)c1. The fraction of sp³-hybridized carbons (Fsp3) is 0.320. The maximum Gasteiger partial charge on any atom is 0.410 e. The summed E-state index contributed by atoms with van der Waals surface area (Å²) in [5.41, 5.74) is 2.70. The van der Waals surface area contributed by atoms with Gasteiger partial charge in [0.1, 0.15) is 11.4 Å². The van der Waals surface area contributed by atoms with Gasteiger partial charge in [-0.2, -0.15) is 0 Å². The average Bonchev–Trinajstić information content (AvgIpc) is 3.17. The van der Waals surface area contributed by atoms with Gasteiger partial charge in [0.05, 0.1) is 6.42 Å². The summed E-state index contributed by atoms with van der Waals surface area (Å²) in [6.45, 7) is 6.11. The minimum Gasteiger partial charge on any atom is -0.481 e. The summed E-state index contributed by atoms with van der Waals surface area (Å²) in [4.78, 5) is 32.6. The molecule has 0 saturated carbocycles. The van der Waals surface area contributed by atoms with Crippen molar-refractivity contribution >= 4 is 23.7 Å². The van der Waals surface area contributed by atoms with Crippen molar-refractivity contribution in [1.29, 1.82) is 0 Å². The number of benzene rings is 2. The van der Waals surface area contributed by atoms with Gasteiger partial charge in [-0.1, -0.05) is 54.1 Å². The van der Waals surface area contributed by atoms with Crippen LogP contribution in [0, 0.1) is 0 Å². The van der Waals surface area contributed by atoms with Crippen molar-refractivity contribution in [3.8, 4) is 11.1 Å². The number of nitrogens with one attached hydrogen (secondary N) is 1. The predicted octanol–water partition coefficient (Wildman–Crippen LogP) is 5.34. The molecule has 3 aromatic rings. The third kappa shape index (κ3) is 7.36. The summed E-state index contributed by atoms with van der Waals surface area (Å²) < 4.78 is 5.59. The van der Waals surface area contributed by atoms with Crippen molar-refractivity contribution in [2.75, 3.05) is 6.54 Å². The van der Waals surface area contributed by atoms with Gasteiger partial charge in [0, 0.05) is 42.0 Å². The first-order valence-corrected chi connectivity index (χ1v) is 11.0. The third-order valence-corrected chi connectivity index (χ3v) is 5.10. The van der Waals surface area contributed by atoms with E-state index in [1.54, 1.807) is 4.90 Å². The summed E-state index contributed by atoms with van der Waals surface area (Å²) in [6.07, 6.45) is 1.36. The molecule has 2 aromatic carbocycles. The zero-order valence-corrected chi connectivity index (χ0v) is 19.7. The fourth-order valence-corrected chi connectivity index (χ4v) is 3.63. The molecule has 7 nitrogen and oxygen atoms in total. The first-order chi connectivity index (χ1) is 15.6. The van der Waals surface area contributed by atoms with Crippen LogP contribution in [0.15, 0.2) is 54.7 Å². The molecule has 0 radical (unpaired) electrons. The number of aliphatic carboxylic acids is 1. The highest BCUT2D eigenvalue weighted by molar-refractivity contribution is 6.33. The molecule has 0 unspecified atom stereocenters. The number of carbonyl (C=O) groups excluding carboxylic acids is 1. The van der Waals surface area contributed by atoms with E-state index in [0.717, 1.165) is 16.7 Å². The lowest BCUT2D eigenvalue weighted by atomic mass is 10.0.